The Labute approximate surface area is 66.4 Å². The number of hydrogen-bond donors (Lipinski definition) is 0. The van der Waals surface area contributed by atoms with E-state index in [1.54, 1.807) is 12.1 Å². The van der Waals surface area contributed by atoms with Crippen LogP contribution in [0.4, 0.5) is 0 Å². The molecule has 11 heavy (non-hydrogen) atoms. The molecule has 1 rings (SSSR count). The lowest BCUT2D eigenvalue weighted by Crippen LogP contribution is -1.88. The van der Waals surface area contributed by atoms with Gasteiger partial charge in [0.05, 0.1) is 0 Å². The van der Waals surface area contributed by atoms with Crippen molar-refractivity contribution in [3.63, 3.8) is 0 Å². The van der Waals surface area contributed by atoms with Crippen molar-refractivity contribution in [3.8, 4) is 0 Å². The average molecular weight is 146 g/mol. The Hall–Kier alpha value is -1.37. The number of hydrogen-bond acceptors (Lipinski definition) is 1. The molecule has 0 N–H and O–H groups in total. The monoisotopic (exact) mass is 146 g/mol. The lowest BCUT2D eigenvalue weighted by atomic mass is 10.0. The Morgan fingerprint density at radius 3 is 2.55 bits per heavy atom. The maximum atomic E-state index is 10.5. The largest absolute Gasteiger partial charge is 0.298 e. The molecule has 1 aromatic rings. The highest BCUT2D eigenvalue weighted by atomic mass is 16.1. The van der Waals surface area contributed by atoms with E-state index in [1.165, 1.54) is 0 Å². The van der Waals surface area contributed by atoms with Crippen molar-refractivity contribution in [3.05, 3.63) is 41.5 Å². The summed E-state index contributed by atoms with van der Waals surface area (Å²) in [6, 6.07) is 5.60. The fourth-order valence-corrected chi connectivity index (χ4v) is 1.02. The summed E-state index contributed by atoms with van der Waals surface area (Å²) in [5, 5.41) is 0. The quantitative estimate of drug-likeness (QED) is 0.586. The molecule has 0 amide bonds. The molecule has 0 aliphatic heterocycles. The van der Waals surface area contributed by atoms with E-state index in [9.17, 15) is 4.79 Å². The molecule has 0 aromatic heterocycles. The van der Waals surface area contributed by atoms with Crippen LogP contribution in [0.25, 0.3) is 6.08 Å². The van der Waals surface area contributed by atoms with Crippen LogP contribution in [0, 0.1) is 6.92 Å². The van der Waals surface area contributed by atoms with Crippen LogP contribution >= 0.6 is 0 Å². The maximum Gasteiger partial charge on any atom is 0.150 e. The van der Waals surface area contributed by atoms with E-state index < -0.39 is 0 Å². The van der Waals surface area contributed by atoms with Gasteiger partial charge in [0.25, 0.3) is 0 Å². The maximum absolute atomic E-state index is 10.5. The molecule has 0 saturated carbocycles. The van der Waals surface area contributed by atoms with Gasteiger partial charge in [0.2, 0.25) is 0 Å². The van der Waals surface area contributed by atoms with Crippen molar-refractivity contribution in [2.24, 2.45) is 0 Å². The highest BCUT2D eigenvalue weighted by Crippen LogP contribution is 2.12. The second-order valence-corrected chi connectivity index (χ2v) is 2.38. The molecule has 0 heterocycles. The fraction of sp³-hybridized carbons (Fsp3) is 0.100. The van der Waals surface area contributed by atoms with Crippen LogP contribution in [0.2, 0.25) is 0 Å². The third-order valence-electron chi connectivity index (χ3n) is 1.76. The van der Waals surface area contributed by atoms with Gasteiger partial charge in [-0.1, -0.05) is 30.9 Å². The summed E-state index contributed by atoms with van der Waals surface area (Å²) in [4.78, 5) is 10.5. The van der Waals surface area contributed by atoms with Crippen molar-refractivity contribution in [2.45, 2.75) is 6.92 Å². The van der Waals surface area contributed by atoms with E-state index in [-0.39, 0.29) is 0 Å². The van der Waals surface area contributed by atoms with Crippen molar-refractivity contribution in [1.82, 2.24) is 0 Å². The Morgan fingerprint density at radius 1 is 1.36 bits per heavy atom. The molecule has 1 heteroatoms. The van der Waals surface area contributed by atoms with Gasteiger partial charge in [0.1, 0.15) is 6.29 Å². The molecule has 1 nitrogen and oxygen atoms in total. The van der Waals surface area contributed by atoms with Gasteiger partial charge in [-0.15, -0.1) is 0 Å². The molecule has 0 aliphatic carbocycles. The number of benzene rings is 1. The number of rotatable bonds is 2. The molecular formula is C10H10O. The summed E-state index contributed by atoms with van der Waals surface area (Å²) in [7, 11) is 0. The smallest absolute Gasteiger partial charge is 0.150 e. The van der Waals surface area contributed by atoms with Gasteiger partial charge in [-0.05, 0) is 18.1 Å². The zero-order chi connectivity index (χ0) is 8.27. The lowest BCUT2D eigenvalue weighted by Gasteiger charge is -2.00. The van der Waals surface area contributed by atoms with Crippen LogP contribution < -0.4 is 0 Å². The average Bonchev–Trinajstić information content (AvgIpc) is 2.05. The number of carbonyl (C=O) groups excluding carboxylic acids is 1. The van der Waals surface area contributed by atoms with E-state index in [0.29, 0.717) is 0 Å². The van der Waals surface area contributed by atoms with Gasteiger partial charge in [0, 0.05) is 5.56 Å². The normalized spacial score (nSPS) is 9.18. The summed E-state index contributed by atoms with van der Waals surface area (Å²) in [5.41, 5.74) is 2.76. The summed E-state index contributed by atoms with van der Waals surface area (Å²) >= 11 is 0. The van der Waals surface area contributed by atoms with Crippen LogP contribution in [0.3, 0.4) is 0 Å². The van der Waals surface area contributed by atoms with Crippen molar-refractivity contribution >= 4 is 12.4 Å². The SMILES string of the molecule is C=Cc1cccc(C=O)c1C. The zero-order valence-electron chi connectivity index (χ0n) is 6.50. The van der Waals surface area contributed by atoms with Crippen LogP contribution in [-0.4, -0.2) is 6.29 Å². The van der Waals surface area contributed by atoms with Crippen molar-refractivity contribution < 1.29 is 4.79 Å². The molecular weight excluding hydrogens is 136 g/mol. The summed E-state index contributed by atoms with van der Waals surface area (Å²) < 4.78 is 0. The standard InChI is InChI=1S/C10H10O/c1-3-9-5-4-6-10(7-11)8(9)2/h3-7H,1H2,2H3. The van der Waals surface area contributed by atoms with Crippen LogP contribution in [0.15, 0.2) is 24.8 Å². The molecule has 0 bridgehead atoms. The minimum Gasteiger partial charge on any atom is -0.298 e. The first-order valence-electron chi connectivity index (χ1n) is 3.47. The highest BCUT2D eigenvalue weighted by molar-refractivity contribution is 5.79. The molecule has 0 spiro atoms. The van der Waals surface area contributed by atoms with Gasteiger partial charge in [-0.2, -0.15) is 0 Å². The molecule has 0 fully saturated rings. The van der Waals surface area contributed by atoms with E-state index in [0.717, 1.165) is 23.0 Å². The predicted molar refractivity (Wildman–Crippen MR) is 46.7 cm³/mol. The first kappa shape index (κ1) is 7.73. The Morgan fingerprint density at radius 2 is 2.00 bits per heavy atom. The predicted octanol–water partition coefficient (Wildman–Crippen LogP) is 2.45. The first-order valence-corrected chi connectivity index (χ1v) is 3.47. The van der Waals surface area contributed by atoms with E-state index >= 15 is 0 Å². The van der Waals surface area contributed by atoms with Crippen LogP contribution in [0.1, 0.15) is 21.5 Å². The van der Waals surface area contributed by atoms with E-state index in [1.807, 2.05) is 19.1 Å². The third kappa shape index (κ3) is 1.37. The van der Waals surface area contributed by atoms with Crippen LogP contribution in [-0.2, 0) is 0 Å². The molecule has 0 saturated heterocycles. The number of carbonyl (C=O) groups is 1. The summed E-state index contributed by atoms with van der Waals surface area (Å²) in [6.45, 7) is 5.57. The van der Waals surface area contributed by atoms with Gasteiger partial charge < -0.3 is 0 Å². The molecule has 0 aliphatic rings. The van der Waals surface area contributed by atoms with E-state index in [2.05, 4.69) is 6.58 Å². The van der Waals surface area contributed by atoms with Crippen molar-refractivity contribution in [1.29, 1.82) is 0 Å². The molecule has 56 valence electrons. The van der Waals surface area contributed by atoms with Gasteiger partial charge >= 0.3 is 0 Å². The van der Waals surface area contributed by atoms with Crippen LogP contribution in [0.5, 0.6) is 0 Å². The van der Waals surface area contributed by atoms with Crippen molar-refractivity contribution in [2.75, 3.05) is 0 Å². The summed E-state index contributed by atoms with van der Waals surface area (Å²) in [6.07, 6.45) is 2.62. The van der Waals surface area contributed by atoms with E-state index in [4.69, 9.17) is 0 Å². The topological polar surface area (TPSA) is 17.1 Å². The molecule has 0 atom stereocenters. The minimum absolute atomic E-state index is 0.738. The second-order valence-electron chi connectivity index (χ2n) is 2.38. The Kier molecular flexibility index (Phi) is 2.21. The fourth-order valence-electron chi connectivity index (χ4n) is 1.02. The third-order valence-corrected chi connectivity index (χ3v) is 1.76. The summed E-state index contributed by atoms with van der Waals surface area (Å²) in [5.74, 6) is 0. The molecule has 1 aromatic carbocycles. The first-order chi connectivity index (χ1) is 5.29. The Bertz CT molecular complexity index is 261. The molecule has 0 unspecified atom stereocenters. The van der Waals surface area contributed by atoms with Gasteiger partial charge in [-0.3, -0.25) is 4.79 Å². The second kappa shape index (κ2) is 3.15. The lowest BCUT2D eigenvalue weighted by molar-refractivity contribution is 0.112. The van der Waals surface area contributed by atoms with Gasteiger partial charge in [0.15, 0.2) is 0 Å². The Balaban J connectivity index is 3.30. The highest BCUT2D eigenvalue weighted by Gasteiger charge is 1.97. The zero-order valence-corrected chi connectivity index (χ0v) is 6.50. The van der Waals surface area contributed by atoms with Gasteiger partial charge in [-0.25, -0.2) is 0 Å². The number of aldehydes is 1. The molecule has 0 radical (unpaired) electrons. The minimum atomic E-state index is 0.738.